The van der Waals surface area contributed by atoms with Crippen molar-refractivity contribution in [3.63, 3.8) is 0 Å². The number of piperazine rings is 1. The van der Waals surface area contributed by atoms with Gasteiger partial charge in [-0.3, -0.25) is 4.90 Å². The van der Waals surface area contributed by atoms with Crippen molar-refractivity contribution >= 4 is 59.6 Å². The quantitative estimate of drug-likeness (QED) is 0.312. The number of carbonyl (C=O) groups is 1. The molecule has 1 N–H and O–H groups in total. The summed E-state index contributed by atoms with van der Waals surface area (Å²) >= 11 is 6.19. The lowest BCUT2D eigenvalue weighted by Crippen LogP contribution is -2.47. The molecule has 1 aromatic heterocycles. The largest absolute Gasteiger partial charge is 0.461 e. The summed E-state index contributed by atoms with van der Waals surface area (Å²) in [6.45, 7) is 5.07. The van der Waals surface area contributed by atoms with Crippen molar-refractivity contribution in [3.05, 3.63) is 82.5 Å². The number of nitrogens with zero attached hydrogens (tertiary/aromatic N) is 3. The number of hydrogen-bond donors (Lipinski definition) is 1. The fourth-order valence-electron chi connectivity index (χ4n) is 3.99. The number of nitrogens with one attached hydrogen (secondary N) is 1. The van der Waals surface area contributed by atoms with Crippen LogP contribution in [0.25, 0.3) is 0 Å². The molecule has 0 spiro atoms. The molecule has 1 aliphatic heterocycles. The van der Waals surface area contributed by atoms with Crippen LogP contribution in [0.5, 0.6) is 0 Å². The summed E-state index contributed by atoms with van der Waals surface area (Å²) in [5, 5.41) is 3.76. The number of rotatable bonds is 7. The van der Waals surface area contributed by atoms with E-state index < -0.39 is 17.7 Å². The Labute approximate surface area is 236 Å². The van der Waals surface area contributed by atoms with Crippen LogP contribution in [0, 0.1) is 6.92 Å². The highest BCUT2D eigenvalue weighted by molar-refractivity contribution is 6.31. The van der Waals surface area contributed by atoms with Crippen LogP contribution in [-0.4, -0.2) is 55.2 Å². The number of ether oxygens (including phenoxy) is 1. The molecule has 0 bridgehead atoms. The van der Waals surface area contributed by atoms with Crippen molar-refractivity contribution in [3.8, 4) is 0 Å². The van der Waals surface area contributed by atoms with Crippen molar-refractivity contribution in [2.45, 2.75) is 13.1 Å². The summed E-state index contributed by atoms with van der Waals surface area (Å²) in [6.07, 6.45) is -2.78. The predicted molar refractivity (Wildman–Crippen MR) is 149 cm³/mol. The number of benzene rings is 2. The van der Waals surface area contributed by atoms with E-state index >= 15 is 0 Å². The van der Waals surface area contributed by atoms with Crippen LogP contribution in [-0.2, 0) is 10.9 Å². The van der Waals surface area contributed by atoms with E-state index in [4.69, 9.17) is 16.3 Å². The molecule has 1 fully saturated rings. The van der Waals surface area contributed by atoms with Gasteiger partial charge in [0.2, 0.25) is 0 Å². The Kier molecular flexibility index (Phi) is 11.5. The molecule has 1 aliphatic rings. The summed E-state index contributed by atoms with van der Waals surface area (Å²) in [4.78, 5) is 21.1. The first-order valence-electron chi connectivity index (χ1n) is 11.5. The third-order valence-electron chi connectivity index (χ3n) is 6.10. The van der Waals surface area contributed by atoms with Crippen molar-refractivity contribution < 1.29 is 22.7 Å². The molecule has 2 heterocycles. The zero-order valence-corrected chi connectivity index (χ0v) is 22.9. The van der Waals surface area contributed by atoms with Gasteiger partial charge in [0.25, 0.3) is 0 Å². The molecule has 206 valence electrons. The van der Waals surface area contributed by atoms with E-state index in [9.17, 15) is 18.0 Å². The third kappa shape index (κ3) is 7.89. The highest BCUT2D eigenvalue weighted by Crippen LogP contribution is 2.32. The first-order chi connectivity index (χ1) is 17.2. The predicted octanol–water partition coefficient (Wildman–Crippen LogP) is 6.63. The molecule has 3 aromatic rings. The maximum atomic E-state index is 13.0. The third-order valence-corrected chi connectivity index (χ3v) is 6.51. The van der Waals surface area contributed by atoms with Crippen LogP contribution < -0.4 is 10.2 Å². The van der Waals surface area contributed by atoms with E-state index in [0.29, 0.717) is 54.8 Å². The molecule has 0 unspecified atom stereocenters. The number of carbonyl (C=O) groups excluding carboxylic acids is 1. The minimum absolute atomic E-state index is 0. The minimum Gasteiger partial charge on any atom is -0.461 e. The van der Waals surface area contributed by atoms with Gasteiger partial charge in [-0.05, 0) is 55.0 Å². The van der Waals surface area contributed by atoms with Crippen LogP contribution in [0.2, 0.25) is 5.02 Å². The molecule has 0 amide bonds. The standard InChI is InChI=1S/C26H26ClF3N4O2.2ClH/c1-18-22(27)8-3-9-23(18)32-24-21(7-4-10-31-24)25(35)36-16-15-33-11-13-34(14-12-33)20-6-2-5-19(17-20)26(28,29)30;;/h2-10,17H,11-16H2,1H3,(H,31,32);2*1H. The molecule has 38 heavy (non-hydrogen) atoms. The second-order valence-corrected chi connectivity index (χ2v) is 8.86. The molecule has 0 saturated carbocycles. The van der Waals surface area contributed by atoms with Crippen molar-refractivity contribution in [1.29, 1.82) is 0 Å². The number of esters is 1. The van der Waals surface area contributed by atoms with Crippen LogP contribution in [0.4, 0.5) is 30.4 Å². The molecule has 2 aromatic carbocycles. The number of alkyl halides is 3. The Morgan fingerprint density at radius 1 is 1.05 bits per heavy atom. The molecular weight excluding hydrogens is 564 g/mol. The molecule has 0 atom stereocenters. The Morgan fingerprint density at radius 2 is 1.76 bits per heavy atom. The summed E-state index contributed by atoms with van der Waals surface area (Å²) in [5.74, 6) is -0.115. The number of halogens is 6. The maximum Gasteiger partial charge on any atom is 0.416 e. The van der Waals surface area contributed by atoms with Gasteiger partial charge in [-0.2, -0.15) is 13.2 Å². The highest BCUT2D eigenvalue weighted by atomic mass is 35.5. The minimum atomic E-state index is -4.36. The van der Waals surface area contributed by atoms with Gasteiger partial charge in [0.15, 0.2) is 0 Å². The van der Waals surface area contributed by atoms with Gasteiger partial charge in [0.05, 0.1) is 5.56 Å². The average Bonchev–Trinajstić information content (AvgIpc) is 2.87. The molecular formula is C26H28Cl3F3N4O2. The Morgan fingerprint density at radius 3 is 2.47 bits per heavy atom. The topological polar surface area (TPSA) is 57.7 Å². The highest BCUT2D eigenvalue weighted by Gasteiger charge is 2.31. The van der Waals surface area contributed by atoms with Crippen molar-refractivity contribution in [1.82, 2.24) is 9.88 Å². The molecule has 0 radical (unpaired) electrons. The fraction of sp³-hybridized carbons (Fsp3) is 0.308. The van der Waals surface area contributed by atoms with E-state index in [1.54, 1.807) is 30.5 Å². The molecule has 0 aliphatic carbocycles. The number of anilines is 3. The first-order valence-corrected chi connectivity index (χ1v) is 11.9. The average molecular weight is 592 g/mol. The van der Waals surface area contributed by atoms with E-state index in [1.165, 1.54) is 12.1 Å². The van der Waals surface area contributed by atoms with Crippen LogP contribution >= 0.6 is 36.4 Å². The van der Waals surface area contributed by atoms with Gasteiger partial charge >= 0.3 is 12.1 Å². The van der Waals surface area contributed by atoms with Crippen LogP contribution in [0.15, 0.2) is 60.8 Å². The molecule has 12 heteroatoms. The van der Waals surface area contributed by atoms with Crippen LogP contribution in [0.1, 0.15) is 21.5 Å². The normalized spacial score (nSPS) is 13.8. The van der Waals surface area contributed by atoms with Gasteiger partial charge in [0.1, 0.15) is 18.0 Å². The fourth-order valence-corrected chi connectivity index (χ4v) is 4.17. The smallest absolute Gasteiger partial charge is 0.416 e. The maximum absolute atomic E-state index is 13.0. The Bertz CT molecular complexity index is 1220. The van der Waals surface area contributed by atoms with E-state index in [1.807, 2.05) is 24.0 Å². The molecule has 6 nitrogen and oxygen atoms in total. The lowest BCUT2D eigenvalue weighted by Gasteiger charge is -2.36. The van der Waals surface area contributed by atoms with Crippen molar-refractivity contribution in [2.24, 2.45) is 0 Å². The van der Waals surface area contributed by atoms with Crippen LogP contribution in [0.3, 0.4) is 0 Å². The van der Waals surface area contributed by atoms with Gasteiger partial charge < -0.3 is 15.0 Å². The number of pyridine rings is 1. The SMILES string of the molecule is Cc1c(Cl)cccc1Nc1ncccc1C(=O)OCCN1CCN(c2cccc(C(F)(F)F)c2)CC1.Cl.Cl. The van der Waals surface area contributed by atoms with E-state index in [0.717, 1.165) is 17.3 Å². The van der Waals surface area contributed by atoms with E-state index in [2.05, 4.69) is 15.2 Å². The van der Waals surface area contributed by atoms with Gasteiger partial charge in [-0.1, -0.05) is 23.7 Å². The Balaban J connectivity index is 0.00000253. The zero-order valence-electron chi connectivity index (χ0n) is 20.5. The lowest BCUT2D eigenvalue weighted by atomic mass is 10.1. The molecule has 1 saturated heterocycles. The second kappa shape index (κ2) is 13.9. The lowest BCUT2D eigenvalue weighted by molar-refractivity contribution is -0.137. The summed E-state index contributed by atoms with van der Waals surface area (Å²) in [6, 6.07) is 14.1. The first kappa shape index (κ1) is 31.5. The summed E-state index contributed by atoms with van der Waals surface area (Å²) in [5.41, 5.74) is 1.81. The summed E-state index contributed by atoms with van der Waals surface area (Å²) < 4.78 is 44.5. The van der Waals surface area contributed by atoms with Gasteiger partial charge in [-0.15, -0.1) is 24.8 Å². The van der Waals surface area contributed by atoms with Gasteiger partial charge in [-0.25, -0.2) is 9.78 Å². The second-order valence-electron chi connectivity index (χ2n) is 8.45. The summed E-state index contributed by atoms with van der Waals surface area (Å²) in [7, 11) is 0. The Hall–Kier alpha value is -2.72. The number of hydrogen-bond acceptors (Lipinski definition) is 6. The monoisotopic (exact) mass is 590 g/mol. The van der Waals surface area contributed by atoms with Crippen molar-refractivity contribution in [2.75, 3.05) is 49.5 Å². The molecule has 4 rings (SSSR count). The van der Waals surface area contributed by atoms with Gasteiger partial charge in [0, 0.05) is 55.3 Å². The van der Waals surface area contributed by atoms with E-state index in [-0.39, 0.29) is 31.4 Å². The zero-order chi connectivity index (χ0) is 25.7. The number of aromatic nitrogens is 1.